The lowest BCUT2D eigenvalue weighted by Crippen LogP contribution is -2.33. The van der Waals surface area contributed by atoms with Gasteiger partial charge in [0.1, 0.15) is 6.04 Å². The molecule has 10 heteroatoms. The van der Waals surface area contributed by atoms with Crippen LogP contribution in [0.25, 0.3) is 0 Å². The zero-order valence-corrected chi connectivity index (χ0v) is 20.1. The lowest BCUT2D eigenvalue weighted by atomic mass is 9.92. The Bertz CT molecular complexity index is 1320. The van der Waals surface area contributed by atoms with E-state index in [1.807, 2.05) is 36.4 Å². The van der Waals surface area contributed by atoms with Crippen molar-refractivity contribution in [3.8, 4) is 6.07 Å². The fourth-order valence-corrected chi connectivity index (χ4v) is 5.24. The Hall–Kier alpha value is -3.68. The van der Waals surface area contributed by atoms with Crippen molar-refractivity contribution in [1.82, 2.24) is 5.32 Å². The number of nitrogens with zero attached hydrogens (tertiary/aromatic N) is 2. The van der Waals surface area contributed by atoms with Crippen LogP contribution < -0.4 is 5.32 Å². The number of nitrogens with one attached hydrogen (secondary N) is 2. The second-order valence-corrected chi connectivity index (χ2v) is 9.85. The Balaban J connectivity index is 2.18. The molecule has 0 aliphatic heterocycles. The third-order valence-electron chi connectivity index (χ3n) is 5.01. The third-order valence-corrected chi connectivity index (χ3v) is 7.47. The Labute approximate surface area is 202 Å². The van der Waals surface area contributed by atoms with E-state index in [-0.39, 0.29) is 27.1 Å². The quantitative estimate of drug-likeness (QED) is 0.479. The molecule has 1 aliphatic rings. The van der Waals surface area contributed by atoms with Gasteiger partial charge in [0.05, 0.1) is 34.3 Å². The topological polar surface area (TPSA) is 132 Å². The summed E-state index contributed by atoms with van der Waals surface area (Å²) in [6.07, 6.45) is 4.02. The molecule has 3 rings (SSSR count). The van der Waals surface area contributed by atoms with Gasteiger partial charge in [-0.05, 0) is 60.2 Å². The highest BCUT2D eigenvalue weighted by atomic mass is 32.2. The van der Waals surface area contributed by atoms with Crippen LogP contribution in [0, 0.1) is 16.7 Å². The second kappa shape index (κ2) is 11.0. The molecule has 0 saturated heterocycles. The number of carbonyl (C=O) groups is 1. The Morgan fingerprint density at radius 2 is 1.85 bits per heavy atom. The van der Waals surface area contributed by atoms with Gasteiger partial charge in [0.2, 0.25) is 9.84 Å². The zero-order valence-electron chi connectivity index (χ0n) is 18.5. The molecule has 34 heavy (non-hydrogen) atoms. The number of ether oxygens (including phenoxy) is 1. The number of nitriles is 1. The summed E-state index contributed by atoms with van der Waals surface area (Å²) < 4.78 is 31.9. The van der Waals surface area contributed by atoms with Crippen LogP contribution in [-0.2, 0) is 21.0 Å². The molecule has 1 unspecified atom stereocenters. The van der Waals surface area contributed by atoms with Gasteiger partial charge in [-0.25, -0.2) is 18.2 Å². The molecule has 174 valence electrons. The molecular formula is C24H22N4O4S2. The summed E-state index contributed by atoms with van der Waals surface area (Å²) in [6.45, 7) is 0. The fraction of sp³-hybridized carbons (Fsp3) is 0.167. The van der Waals surface area contributed by atoms with Crippen molar-refractivity contribution >= 4 is 38.6 Å². The number of methoxy groups -OCH3 is 1. The number of allylic oxidation sites excluding steroid dienone is 1. The van der Waals surface area contributed by atoms with E-state index in [4.69, 9.17) is 10.7 Å². The summed E-state index contributed by atoms with van der Waals surface area (Å²) in [7, 11) is -2.76. The van der Waals surface area contributed by atoms with Crippen LogP contribution in [0.5, 0.6) is 0 Å². The molecule has 0 radical (unpaired) electrons. The van der Waals surface area contributed by atoms with E-state index < -0.39 is 22.0 Å². The Morgan fingerprint density at radius 1 is 1.18 bits per heavy atom. The van der Waals surface area contributed by atoms with Crippen molar-refractivity contribution in [2.45, 2.75) is 17.4 Å². The number of hydrogen-bond donors (Lipinski definition) is 2. The molecular weight excluding hydrogens is 472 g/mol. The predicted octanol–water partition coefficient (Wildman–Crippen LogP) is 3.86. The first-order chi connectivity index (χ1) is 16.3. The normalized spacial score (nSPS) is 16.2. The van der Waals surface area contributed by atoms with Gasteiger partial charge in [0.25, 0.3) is 0 Å². The molecule has 0 heterocycles. The van der Waals surface area contributed by atoms with Gasteiger partial charge in [-0.2, -0.15) is 5.26 Å². The molecule has 0 bridgehead atoms. The van der Waals surface area contributed by atoms with Crippen LogP contribution in [0.3, 0.4) is 0 Å². The predicted molar refractivity (Wildman–Crippen MR) is 133 cm³/mol. The van der Waals surface area contributed by atoms with Gasteiger partial charge in [0.15, 0.2) is 5.17 Å². The number of sulfone groups is 1. The van der Waals surface area contributed by atoms with E-state index in [9.17, 15) is 13.2 Å². The first kappa shape index (κ1) is 25.0. The van der Waals surface area contributed by atoms with E-state index in [1.54, 1.807) is 6.26 Å². The fourth-order valence-electron chi connectivity index (χ4n) is 3.32. The summed E-state index contributed by atoms with van der Waals surface area (Å²) in [5, 5.41) is 20.2. The van der Waals surface area contributed by atoms with E-state index >= 15 is 0 Å². The van der Waals surface area contributed by atoms with Crippen molar-refractivity contribution in [2.24, 2.45) is 4.99 Å². The van der Waals surface area contributed by atoms with Crippen molar-refractivity contribution in [2.75, 3.05) is 13.4 Å². The number of amidine groups is 1. The van der Waals surface area contributed by atoms with E-state index in [1.165, 1.54) is 43.5 Å². The number of amides is 1. The molecule has 8 nitrogen and oxygen atoms in total. The third kappa shape index (κ3) is 5.62. The number of rotatable bonds is 5. The number of aliphatic imine (C=N–C) groups is 1. The van der Waals surface area contributed by atoms with E-state index in [0.29, 0.717) is 11.1 Å². The number of thioether (sulfide) groups is 1. The molecule has 1 atom stereocenters. The maximum atomic E-state index is 13.6. The molecule has 2 aromatic carbocycles. The minimum Gasteiger partial charge on any atom is -0.453 e. The van der Waals surface area contributed by atoms with Gasteiger partial charge in [-0.3, -0.25) is 5.32 Å². The van der Waals surface area contributed by atoms with Gasteiger partial charge < -0.3 is 10.1 Å². The van der Waals surface area contributed by atoms with Crippen LogP contribution in [0.2, 0.25) is 0 Å². The van der Waals surface area contributed by atoms with Crippen LogP contribution in [0.1, 0.15) is 11.1 Å². The molecule has 1 amide bonds. The van der Waals surface area contributed by atoms with Crippen molar-refractivity contribution in [3.05, 3.63) is 88.4 Å². The number of benzene rings is 2. The van der Waals surface area contributed by atoms with Gasteiger partial charge in [-0.15, -0.1) is 0 Å². The van der Waals surface area contributed by atoms with Crippen LogP contribution in [0.4, 0.5) is 4.79 Å². The largest absolute Gasteiger partial charge is 0.453 e. The van der Waals surface area contributed by atoms with Crippen LogP contribution in [0.15, 0.2) is 87.1 Å². The SMILES string of the molecule is COC(=O)NC(=NC1C(=N)C=CC(S(=O)(=O)c2ccc(C#N)cc2)=C1Cc1ccccc1)SC. The van der Waals surface area contributed by atoms with Crippen LogP contribution >= 0.6 is 11.8 Å². The monoisotopic (exact) mass is 494 g/mol. The highest BCUT2D eigenvalue weighted by Gasteiger charge is 2.32. The minimum absolute atomic E-state index is 0.0318. The summed E-state index contributed by atoms with van der Waals surface area (Å²) in [4.78, 5) is 16.3. The number of carbonyl (C=O) groups excluding carboxylic acids is 1. The summed E-state index contributed by atoms with van der Waals surface area (Å²) in [6, 6.07) is 16.0. The molecule has 2 N–H and O–H groups in total. The number of hydrogen-bond acceptors (Lipinski definition) is 8. The average molecular weight is 495 g/mol. The molecule has 1 aliphatic carbocycles. The lowest BCUT2D eigenvalue weighted by Gasteiger charge is -2.24. The van der Waals surface area contributed by atoms with Crippen LogP contribution in [-0.4, -0.2) is 44.8 Å². The maximum Gasteiger partial charge on any atom is 0.412 e. The Morgan fingerprint density at radius 3 is 2.44 bits per heavy atom. The summed E-state index contributed by atoms with van der Waals surface area (Å²) >= 11 is 1.14. The van der Waals surface area contributed by atoms with Crippen molar-refractivity contribution in [1.29, 1.82) is 10.7 Å². The first-order valence-corrected chi connectivity index (χ1v) is 12.8. The van der Waals surface area contributed by atoms with E-state index in [0.717, 1.165) is 17.3 Å². The molecule has 0 aromatic heterocycles. The highest BCUT2D eigenvalue weighted by Crippen LogP contribution is 2.32. The van der Waals surface area contributed by atoms with Gasteiger partial charge in [0, 0.05) is 0 Å². The van der Waals surface area contributed by atoms with E-state index in [2.05, 4.69) is 15.0 Å². The lowest BCUT2D eigenvalue weighted by molar-refractivity contribution is 0.177. The summed E-state index contributed by atoms with van der Waals surface area (Å²) in [5.41, 5.74) is 1.68. The van der Waals surface area contributed by atoms with Gasteiger partial charge in [-0.1, -0.05) is 42.1 Å². The highest BCUT2D eigenvalue weighted by molar-refractivity contribution is 8.13. The molecule has 0 fully saturated rings. The van der Waals surface area contributed by atoms with Gasteiger partial charge >= 0.3 is 6.09 Å². The minimum atomic E-state index is -3.98. The zero-order chi connectivity index (χ0) is 24.7. The molecule has 0 spiro atoms. The van der Waals surface area contributed by atoms with Crippen molar-refractivity contribution in [3.63, 3.8) is 0 Å². The molecule has 2 aromatic rings. The smallest absolute Gasteiger partial charge is 0.412 e. The average Bonchev–Trinajstić information content (AvgIpc) is 2.85. The summed E-state index contributed by atoms with van der Waals surface area (Å²) in [5.74, 6) is 0. The van der Waals surface area contributed by atoms with Crippen molar-refractivity contribution < 1.29 is 17.9 Å². The molecule has 0 saturated carbocycles. The Kier molecular flexibility index (Phi) is 8.04. The second-order valence-electron chi connectivity index (χ2n) is 7.14. The number of alkyl carbamates (subject to hydrolysis) is 1. The standard InChI is InChI=1S/C24H22N4O4S2/c1-32-24(29)28-23(33-2)27-22-19(14-16-6-4-3-5-7-16)21(13-12-20(22)26)34(30,31)18-10-8-17(15-25)9-11-18/h3-13,22,26H,14H2,1-2H3,(H,27,28,29). The maximum absolute atomic E-state index is 13.6. The first-order valence-electron chi connectivity index (χ1n) is 10.1.